The van der Waals surface area contributed by atoms with Crippen LogP contribution in [0.1, 0.15) is 5.56 Å². The summed E-state index contributed by atoms with van der Waals surface area (Å²) in [6, 6.07) is 4.63. The smallest absolute Gasteiger partial charge is 0.353 e. The Kier molecular flexibility index (Phi) is 3.85. The first-order valence-electron chi connectivity index (χ1n) is 5.66. The second-order valence-electron chi connectivity index (χ2n) is 3.99. The van der Waals surface area contributed by atoms with Crippen LogP contribution in [0.2, 0.25) is 0 Å². The molecule has 0 radical (unpaired) electrons. The molecule has 0 spiro atoms. The summed E-state index contributed by atoms with van der Waals surface area (Å²) in [7, 11) is -1.20. The normalized spacial score (nSPS) is 16.3. The zero-order chi connectivity index (χ0) is 15.6. The maximum atomic E-state index is 11.6. The molecule has 2 N–H and O–H groups in total. The highest BCUT2D eigenvalue weighted by atomic mass is 32.2. The van der Waals surface area contributed by atoms with Gasteiger partial charge in [-0.05, 0) is 24.3 Å². The number of rotatable bonds is 4. The molecule has 9 heteroatoms. The Morgan fingerprint density at radius 1 is 1.24 bits per heavy atom. The highest BCUT2D eigenvalue weighted by Crippen LogP contribution is 2.28. The fourth-order valence-corrected chi connectivity index (χ4v) is 2.61. The maximum Gasteiger partial charge on any atom is 0.353 e. The Morgan fingerprint density at radius 2 is 1.90 bits per heavy atom. The molecule has 0 unspecified atom stereocenters. The lowest BCUT2D eigenvalue weighted by atomic mass is 10.1. The van der Waals surface area contributed by atoms with Crippen LogP contribution in [-0.2, 0) is 15.0 Å². The number of nitrogens with zero attached hydrogens (tertiary/aromatic N) is 1. The van der Waals surface area contributed by atoms with E-state index in [1.54, 1.807) is 12.1 Å². The maximum absolute atomic E-state index is 11.6. The number of allylic oxidation sites excluding steroid dienone is 1. The van der Waals surface area contributed by atoms with Gasteiger partial charge >= 0.3 is 16.2 Å². The minimum absolute atomic E-state index is 0.00731. The monoisotopic (exact) mass is 312 g/mol. The van der Waals surface area contributed by atoms with E-state index in [9.17, 15) is 13.2 Å². The third-order valence-corrected chi connectivity index (χ3v) is 3.56. The van der Waals surface area contributed by atoms with E-state index in [1.165, 1.54) is 20.3 Å². The molecule has 1 aliphatic heterocycles. The summed E-state index contributed by atoms with van der Waals surface area (Å²) in [4.78, 5) is 10.9. The Labute approximate surface area is 120 Å². The minimum atomic E-state index is -4.09. The van der Waals surface area contributed by atoms with Crippen LogP contribution in [0.3, 0.4) is 0 Å². The third kappa shape index (κ3) is 3.14. The van der Waals surface area contributed by atoms with Crippen molar-refractivity contribution in [2.24, 2.45) is 4.40 Å². The lowest BCUT2D eigenvalue weighted by Crippen LogP contribution is -2.31. The molecule has 0 aliphatic carbocycles. The molecule has 0 saturated heterocycles. The number of carbonyl (C=O) groups is 1. The van der Waals surface area contributed by atoms with Gasteiger partial charge in [-0.15, -0.1) is 4.40 Å². The number of hydrogen-bond acceptors (Lipinski definition) is 5. The largest absolute Gasteiger partial charge is 0.493 e. The molecule has 1 aliphatic rings. The number of methoxy groups -OCH3 is 2. The van der Waals surface area contributed by atoms with Crippen molar-refractivity contribution in [1.82, 2.24) is 4.72 Å². The highest BCUT2D eigenvalue weighted by molar-refractivity contribution is 7.88. The second-order valence-corrected chi connectivity index (χ2v) is 5.32. The number of carboxylic acids is 1. The fraction of sp³-hybridized carbons (Fsp3) is 0.167. The molecule has 21 heavy (non-hydrogen) atoms. The Hall–Kier alpha value is -2.55. The molecule has 1 heterocycles. The highest BCUT2D eigenvalue weighted by Gasteiger charge is 2.23. The van der Waals surface area contributed by atoms with Crippen LogP contribution < -0.4 is 14.2 Å². The Balaban J connectivity index is 2.54. The molecule has 0 amide bonds. The molecule has 1 aromatic carbocycles. The Bertz CT molecular complexity index is 751. The minimum Gasteiger partial charge on any atom is -0.493 e. The van der Waals surface area contributed by atoms with E-state index in [1.807, 2.05) is 4.72 Å². The summed E-state index contributed by atoms with van der Waals surface area (Å²) < 4.78 is 38.6. The standard InChI is InChI=1S/C12H12N2O6S/c1-19-10-4-3-7(5-11(10)20-2)8-6-9(12(15)16)14-21(17,18)13-8/h3-6,14H,1-2H3,(H,15,16). The van der Waals surface area contributed by atoms with E-state index in [4.69, 9.17) is 14.6 Å². The van der Waals surface area contributed by atoms with Gasteiger partial charge in [0, 0.05) is 5.56 Å². The number of nitrogens with one attached hydrogen (secondary N) is 1. The van der Waals surface area contributed by atoms with E-state index >= 15 is 0 Å². The van der Waals surface area contributed by atoms with Gasteiger partial charge in [-0.25, -0.2) is 4.79 Å². The van der Waals surface area contributed by atoms with Gasteiger partial charge in [0.1, 0.15) is 5.70 Å². The summed E-state index contributed by atoms with van der Waals surface area (Å²) >= 11 is 0. The average molecular weight is 312 g/mol. The molecule has 2 rings (SSSR count). The van der Waals surface area contributed by atoms with Gasteiger partial charge in [0.2, 0.25) is 0 Å². The number of ether oxygens (including phenoxy) is 2. The second kappa shape index (κ2) is 5.44. The zero-order valence-corrected chi connectivity index (χ0v) is 12.0. The van der Waals surface area contributed by atoms with Crippen LogP contribution in [0.15, 0.2) is 34.4 Å². The molecule has 1 aromatic rings. The topological polar surface area (TPSA) is 114 Å². The van der Waals surface area contributed by atoms with Gasteiger partial charge in [-0.1, -0.05) is 0 Å². The van der Waals surface area contributed by atoms with Crippen molar-refractivity contribution in [3.8, 4) is 11.5 Å². The van der Waals surface area contributed by atoms with Crippen LogP contribution in [0.25, 0.3) is 0 Å². The first kappa shape index (κ1) is 14.9. The van der Waals surface area contributed by atoms with Gasteiger partial charge in [-0.3, -0.25) is 4.72 Å². The molecule has 0 fully saturated rings. The molecule has 0 saturated carbocycles. The quantitative estimate of drug-likeness (QED) is 0.827. The van der Waals surface area contributed by atoms with E-state index in [0.29, 0.717) is 17.1 Å². The van der Waals surface area contributed by atoms with E-state index in [2.05, 4.69) is 4.40 Å². The van der Waals surface area contributed by atoms with E-state index < -0.39 is 21.9 Å². The summed E-state index contributed by atoms with van der Waals surface area (Å²) in [5, 5.41) is 8.92. The van der Waals surface area contributed by atoms with Gasteiger partial charge in [0.15, 0.2) is 11.5 Å². The van der Waals surface area contributed by atoms with Crippen LogP contribution >= 0.6 is 0 Å². The van der Waals surface area contributed by atoms with E-state index in [0.717, 1.165) is 6.08 Å². The fourth-order valence-electron chi connectivity index (χ4n) is 1.72. The lowest BCUT2D eigenvalue weighted by Gasteiger charge is -2.14. The van der Waals surface area contributed by atoms with Gasteiger partial charge < -0.3 is 14.6 Å². The summed E-state index contributed by atoms with van der Waals surface area (Å²) in [5.41, 5.74) is -0.0987. The third-order valence-electron chi connectivity index (χ3n) is 2.65. The predicted molar refractivity (Wildman–Crippen MR) is 73.9 cm³/mol. The Morgan fingerprint density at radius 3 is 2.48 bits per heavy atom. The summed E-state index contributed by atoms with van der Waals surface area (Å²) in [6.07, 6.45) is 1.13. The van der Waals surface area contributed by atoms with Crippen molar-refractivity contribution >= 4 is 21.9 Å². The van der Waals surface area contributed by atoms with Crippen molar-refractivity contribution in [3.63, 3.8) is 0 Å². The van der Waals surface area contributed by atoms with Crippen molar-refractivity contribution < 1.29 is 27.8 Å². The van der Waals surface area contributed by atoms with Gasteiger partial charge in [-0.2, -0.15) is 8.42 Å². The van der Waals surface area contributed by atoms with Crippen molar-refractivity contribution in [1.29, 1.82) is 0 Å². The number of carboxylic acid groups (broad SMARTS) is 1. The molecule has 0 bridgehead atoms. The van der Waals surface area contributed by atoms with Crippen molar-refractivity contribution in [2.75, 3.05) is 14.2 Å². The summed E-state index contributed by atoms with van der Waals surface area (Å²) in [5.74, 6) is -0.563. The van der Waals surface area contributed by atoms with E-state index in [-0.39, 0.29) is 5.71 Å². The predicted octanol–water partition coefficient (Wildman–Crippen LogP) is 0.309. The molecule has 0 aromatic heterocycles. The van der Waals surface area contributed by atoms with Crippen LogP contribution in [-0.4, -0.2) is 39.4 Å². The van der Waals surface area contributed by atoms with Crippen LogP contribution in [0.4, 0.5) is 0 Å². The molecule has 112 valence electrons. The molecular formula is C12H12N2O6S. The SMILES string of the molecule is COc1ccc(C2=NS(=O)(=O)NC(C(=O)O)=C2)cc1OC. The van der Waals surface area contributed by atoms with Crippen molar-refractivity contribution in [3.05, 3.63) is 35.5 Å². The lowest BCUT2D eigenvalue weighted by molar-refractivity contribution is -0.132. The van der Waals surface area contributed by atoms with Gasteiger partial charge in [0.25, 0.3) is 0 Å². The van der Waals surface area contributed by atoms with Crippen molar-refractivity contribution in [2.45, 2.75) is 0 Å². The van der Waals surface area contributed by atoms with Gasteiger partial charge in [0.05, 0.1) is 19.9 Å². The molecular weight excluding hydrogens is 300 g/mol. The van der Waals surface area contributed by atoms with Crippen LogP contribution in [0.5, 0.6) is 11.5 Å². The average Bonchev–Trinajstić information content (AvgIpc) is 2.44. The summed E-state index contributed by atoms with van der Waals surface area (Å²) in [6.45, 7) is 0. The van der Waals surface area contributed by atoms with Crippen LogP contribution in [0, 0.1) is 0 Å². The number of benzene rings is 1. The number of hydrogen-bond donors (Lipinski definition) is 2. The molecule has 8 nitrogen and oxygen atoms in total. The molecule has 0 atom stereocenters. The zero-order valence-electron chi connectivity index (χ0n) is 11.2. The number of aliphatic carboxylic acids is 1. The first-order chi connectivity index (χ1) is 9.86. The first-order valence-corrected chi connectivity index (χ1v) is 7.10.